The van der Waals surface area contributed by atoms with Crippen LogP contribution in [0, 0.1) is 0 Å². The highest BCUT2D eigenvalue weighted by Gasteiger charge is 2.18. The summed E-state index contributed by atoms with van der Waals surface area (Å²) in [7, 11) is 1.53. The Morgan fingerprint density at radius 3 is 2.50 bits per heavy atom. The van der Waals surface area contributed by atoms with E-state index in [1.165, 1.54) is 24.3 Å². The van der Waals surface area contributed by atoms with Gasteiger partial charge in [-0.3, -0.25) is 9.59 Å². The second-order valence-corrected chi connectivity index (χ2v) is 6.83. The van der Waals surface area contributed by atoms with Gasteiger partial charge in [0.2, 0.25) is 11.8 Å². The monoisotopic (exact) mass is 434 g/mol. The van der Waals surface area contributed by atoms with Gasteiger partial charge in [0.15, 0.2) is 0 Å². The van der Waals surface area contributed by atoms with Crippen molar-refractivity contribution in [3.8, 4) is 11.5 Å². The third-order valence-corrected chi connectivity index (χ3v) is 4.58. The van der Waals surface area contributed by atoms with E-state index in [0.717, 1.165) is 5.56 Å². The maximum absolute atomic E-state index is 13.0. The molecule has 32 heavy (non-hydrogen) atoms. The van der Waals surface area contributed by atoms with Crippen LogP contribution in [0.25, 0.3) is 6.08 Å². The molecule has 166 valence electrons. The number of carbonyl (C=O) groups excluding carboxylic acids is 2. The molecule has 2 amide bonds. The number of rotatable bonds is 10. The van der Waals surface area contributed by atoms with E-state index >= 15 is 0 Å². The molecule has 0 fully saturated rings. The topological polar surface area (TPSA) is 81.0 Å². The molecule has 0 aliphatic heterocycles. The van der Waals surface area contributed by atoms with Gasteiger partial charge >= 0.3 is 0 Å². The second-order valence-electron chi connectivity index (χ2n) is 6.83. The van der Waals surface area contributed by atoms with Crippen LogP contribution < -0.4 is 14.8 Å². The van der Waals surface area contributed by atoms with Gasteiger partial charge in [0.25, 0.3) is 0 Å². The molecular formula is C25H26N2O5. The summed E-state index contributed by atoms with van der Waals surface area (Å²) in [5.74, 6) is 1.12. The van der Waals surface area contributed by atoms with Gasteiger partial charge < -0.3 is 24.1 Å². The first-order valence-corrected chi connectivity index (χ1v) is 10.2. The Morgan fingerprint density at radius 1 is 1.03 bits per heavy atom. The zero-order chi connectivity index (χ0) is 22.8. The SMILES string of the molecule is CCOc1ccccc1C=CC(=O)N(CC(=O)Nc1ccccc1OC)Cc1ccco1. The molecule has 1 heterocycles. The van der Waals surface area contributed by atoms with E-state index in [1.807, 2.05) is 37.3 Å². The summed E-state index contributed by atoms with van der Waals surface area (Å²) in [5.41, 5.74) is 1.31. The first-order chi connectivity index (χ1) is 15.6. The van der Waals surface area contributed by atoms with E-state index < -0.39 is 0 Å². The molecule has 0 radical (unpaired) electrons. The van der Waals surface area contributed by atoms with Crippen molar-refractivity contribution >= 4 is 23.6 Å². The molecule has 3 aromatic rings. The lowest BCUT2D eigenvalue weighted by molar-refractivity contribution is -0.131. The van der Waals surface area contributed by atoms with Gasteiger partial charge in [-0.2, -0.15) is 0 Å². The summed E-state index contributed by atoms with van der Waals surface area (Å²) in [6.07, 6.45) is 4.64. The van der Waals surface area contributed by atoms with Crippen LogP contribution in [0.3, 0.4) is 0 Å². The normalized spacial score (nSPS) is 10.7. The summed E-state index contributed by atoms with van der Waals surface area (Å²) < 4.78 is 16.2. The molecule has 0 aliphatic rings. The summed E-state index contributed by atoms with van der Waals surface area (Å²) in [6.45, 7) is 2.42. The zero-order valence-corrected chi connectivity index (χ0v) is 18.1. The Bertz CT molecular complexity index is 1060. The van der Waals surface area contributed by atoms with E-state index in [-0.39, 0.29) is 24.9 Å². The highest BCUT2D eigenvalue weighted by Crippen LogP contribution is 2.23. The van der Waals surface area contributed by atoms with Crippen molar-refractivity contribution in [1.29, 1.82) is 0 Å². The molecule has 2 aromatic carbocycles. The van der Waals surface area contributed by atoms with Crippen LogP contribution in [0.1, 0.15) is 18.2 Å². The van der Waals surface area contributed by atoms with Crippen LogP contribution in [0.2, 0.25) is 0 Å². The van der Waals surface area contributed by atoms with E-state index in [4.69, 9.17) is 13.9 Å². The lowest BCUT2D eigenvalue weighted by Gasteiger charge is -2.20. The van der Waals surface area contributed by atoms with Crippen LogP contribution in [0.4, 0.5) is 5.69 Å². The predicted molar refractivity (Wildman–Crippen MR) is 122 cm³/mol. The minimum Gasteiger partial charge on any atom is -0.495 e. The largest absolute Gasteiger partial charge is 0.495 e. The average Bonchev–Trinajstić information content (AvgIpc) is 3.31. The Hall–Kier alpha value is -4.00. The van der Waals surface area contributed by atoms with E-state index in [1.54, 1.807) is 36.4 Å². The van der Waals surface area contributed by atoms with Gasteiger partial charge in [0.05, 0.1) is 32.2 Å². The number of methoxy groups -OCH3 is 1. The van der Waals surface area contributed by atoms with Crippen LogP contribution in [-0.2, 0) is 16.1 Å². The van der Waals surface area contributed by atoms with Crippen molar-refractivity contribution in [2.45, 2.75) is 13.5 Å². The molecule has 7 nitrogen and oxygen atoms in total. The van der Waals surface area contributed by atoms with Crippen molar-refractivity contribution in [2.75, 3.05) is 25.6 Å². The van der Waals surface area contributed by atoms with Crippen LogP contribution >= 0.6 is 0 Å². The fourth-order valence-electron chi connectivity index (χ4n) is 3.09. The Kier molecular flexibility index (Phi) is 8.09. The van der Waals surface area contributed by atoms with Gasteiger partial charge in [0, 0.05) is 11.6 Å². The number of ether oxygens (including phenoxy) is 2. The second kappa shape index (κ2) is 11.4. The molecule has 7 heteroatoms. The molecule has 0 saturated heterocycles. The van der Waals surface area contributed by atoms with Crippen molar-refractivity contribution in [2.24, 2.45) is 0 Å². The molecule has 0 unspecified atom stereocenters. The van der Waals surface area contributed by atoms with Crippen LogP contribution in [0.5, 0.6) is 11.5 Å². The van der Waals surface area contributed by atoms with Crippen LogP contribution in [-0.4, -0.2) is 37.0 Å². The lowest BCUT2D eigenvalue weighted by Crippen LogP contribution is -2.36. The predicted octanol–water partition coefficient (Wildman–Crippen LogP) is 4.37. The number of nitrogens with one attached hydrogen (secondary N) is 1. The molecule has 0 atom stereocenters. The molecule has 1 aromatic heterocycles. The smallest absolute Gasteiger partial charge is 0.247 e. The summed E-state index contributed by atoms with van der Waals surface area (Å²) in [4.78, 5) is 27.1. The van der Waals surface area contributed by atoms with Gasteiger partial charge in [-0.05, 0) is 43.3 Å². The van der Waals surface area contributed by atoms with Gasteiger partial charge in [0.1, 0.15) is 23.8 Å². The number of benzene rings is 2. The molecule has 0 bridgehead atoms. The molecule has 1 N–H and O–H groups in total. The fraction of sp³-hybridized carbons (Fsp3) is 0.200. The van der Waals surface area contributed by atoms with Crippen molar-refractivity contribution in [3.05, 3.63) is 84.3 Å². The number of hydrogen-bond donors (Lipinski definition) is 1. The van der Waals surface area contributed by atoms with E-state index in [0.29, 0.717) is 29.6 Å². The number of nitrogens with zero attached hydrogens (tertiary/aromatic N) is 1. The van der Waals surface area contributed by atoms with Crippen molar-refractivity contribution < 1.29 is 23.5 Å². The standard InChI is InChI=1S/C25H26N2O5/c1-3-31-22-12-6-4-9-19(22)14-15-25(29)27(17-20-10-8-16-32-20)18-24(28)26-21-11-5-7-13-23(21)30-2/h4-16H,3,17-18H2,1-2H3,(H,26,28). The minimum absolute atomic E-state index is 0.155. The van der Waals surface area contributed by atoms with Gasteiger partial charge in [-0.25, -0.2) is 0 Å². The number of hydrogen-bond acceptors (Lipinski definition) is 5. The quantitative estimate of drug-likeness (QED) is 0.479. The minimum atomic E-state index is -0.350. The maximum atomic E-state index is 13.0. The third-order valence-electron chi connectivity index (χ3n) is 4.58. The highest BCUT2D eigenvalue weighted by atomic mass is 16.5. The highest BCUT2D eigenvalue weighted by molar-refractivity contribution is 5.98. The van der Waals surface area contributed by atoms with Crippen molar-refractivity contribution in [1.82, 2.24) is 4.90 Å². The van der Waals surface area contributed by atoms with Gasteiger partial charge in [-0.15, -0.1) is 0 Å². The van der Waals surface area contributed by atoms with Gasteiger partial charge in [-0.1, -0.05) is 30.3 Å². The Morgan fingerprint density at radius 2 is 1.78 bits per heavy atom. The van der Waals surface area contributed by atoms with Crippen molar-refractivity contribution in [3.63, 3.8) is 0 Å². The molecular weight excluding hydrogens is 408 g/mol. The molecule has 0 spiro atoms. The Labute approximate surface area is 187 Å². The number of amides is 2. The average molecular weight is 434 g/mol. The summed E-state index contributed by atoms with van der Waals surface area (Å²) in [5, 5.41) is 2.79. The summed E-state index contributed by atoms with van der Waals surface area (Å²) >= 11 is 0. The van der Waals surface area contributed by atoms with E-state index in [2.05, 4.69) is 5.32 Å². The molecule has 3 rings (SSSR count). The Balaban J connectivity index is 1.75. The first-order valence-electron chi connectivity index (χ1n) is 10.2. The van der Waals surface area contributed by atoms with Crippen LogP contribution in [0.15, 0.2) is 77.4 Å². The number of anilines is 1. The third kappa shape index (κ3) is 6.25. The maximum Gasteiger partial charge on any atom is 0.247 e. The summed E-state index contributed by atoms with van der Waals surface area (Å²) in [6, 6.07) is 18.0. The number of furan rings is 1. The zero-order valence-electron chi connectivity index (χ0n) is 18.1. The molecule has 0 aliphatic carbocycles. The first kappa shape index (κ1) is 22.7. The number of para-hydroxylation sites is 3. The molecule has 0 saturated carbocycles. The lowest BCUT2D eigenvalue weighted by atomic mass is 10.2. The fourth-order valence-corrected chi connectivity index (χ4v) is 3.09. The van der Waals surface area contributed by atoms with E-state index in [9.17, 15) is 9.59 Å². The number of carbonyl (C=O) groups is 2.